The molecule has 0 aromatic heterocycles. The first kappa shape index (κ1) is 11.0. The summed E-state index contributed by atoms with van der Waals surface area (Å²) in [5.74, 6) is -0.481. The molecule has 0 fully saturated rings. The van der Waals surface area contributed by atoms with Crippen LogP contribution in [0.3, 0.4) is 0 Å². The van der Waals surface area contributed by atoms with Crippen LogP contribution >= 0.6 is 0 Å². The fourth-order valence-corrected chi connectivity index (χ4v) is 1.85. The third-order valence-corrected chi connectivity index (χ3v) is 3.07. The maximum absolute atomic E-state index is 10.8. The summed E-state index contributed by atoms with van der Waals surface area (Å²) in [5.41, 5.74) is 2.29. The summed E-state index contributed by atoms with van der Waals surface area (Å²) in [7, 11) is 0. The van der Waals surface area contributed by atoms with Crippen LogP contribution in [0.25, 0.3) is 0 Å². The monoisotopic (exact) mass is 194 g/mol. The van der Waals surface area contributed by atoms with Crippen LogP contribution in [0.5, 0.6) is 0 Å². The number of carboxylic acid groups (broad SMARTS) is 1. The SMILES string of the molecule is C=C(C)C1CC=C(C(C)C(=O)O)CC1. The van der Waals surface area contributed by atoms with Gasteiger partial charge in [0.05, 0.1) is 5.92 Å². The zero-order chi connectivity index (χ0) is 10.7. The highest BCUT2D eigenvalue weighted by Crippen LogP contribution is 2.31. The molecule has 0 saturated heterocycles. The zero-order valence-corrected chi connectivity index (χ0v) is 8.92. The van der Waals surface area contributed by atoms with Gasteiger partial charge in [0.1, 0.15) is 0 Å². The number of hydrogen-bond acceptors (Lipinski definition) is 1. The van der Waals surface area contributed by atoms with Crippen LogP contribution in [0.15, 0.2) is 23.8 Å². The van der Waals surface area contributed by atoms with Gasteiger partial charge in [-0.15, -0.1) is 0 Å². The molecule has 0 aliphatic heterocycles. The van der Waals surface area contributed by atoms with Gasteiger partial charge in [-0.25, -0.2) is 0 Å². The van der Waals surface area contributed by atoms with Crippen molar-refractivity contribution in [2.24, 2.45) is 11.8 Å². The number of aliphatic carboxylic acids is 1. The normalized spacial score (nSPS) is 23.9. The summed E-state index contributed by atoms with van der Waals surface area (Å²) in [6.45, 7) is 7.74. The number of carboxylic acids is 1. The molecule has 2 unspecified atom stereocenters. The number of allylic oxidation sites excluding steroid dienone is 2. The minimum absolute atomic E-state index is 0.318. The Labute approximate surface area is 85.3 Å². The molecule has 2 atom stereocenters. The van der Waals surface area contributed by atoms with Gasteiger partial charge in [-0.1, -0.05) is 23.8 Å². The van der Waals surface area contributed by atoms with Gasteiger partial charge in [0.2, 0.25) is 0 Å². The first-order chi connectivity index (χ1) is 6.52. The fraction of sp³-hybridized carbons (Fsp3) is 0.583. The van der Waals surface area contributed by atoms with Gasteiger partial charge in [-0.3, -0.25) is 4.79 Å². The second kappa shape index (κ2) is 4.45. The van der Waals surface area contributed by atoms with E-state index in [9.17, 15) is 4.79 Å². The summed E-state index contributed by atoms with van der Waals surface area (Å²) in [6, 6.07) is 0. The van der Waals surface area contributed by atoms with E-state index in [1.165, 1.54) is 5.57 Å². The average molecular weight is 194 g/mol. The van der Waals surface area contributed by atoms with Gasteiger partial charge in [0, 0.05) is 0 Å². The van der Waals surface area contributed by atoms with Gasteiger partial charge in [-0.05, 0) is 39.0 Å². The maximum Gasteiger partial charge on any atom is 0.310 e. The van der Waals surface area contributed by atoms with E-state index in [0.717, 1.165) is 24.8 Å². The van der Waals surface area contributed by atoms with E-state index in [1.807, 2.05) is 6.92 Å². The number of rotatable bonds is 3. The van der Waals surface area contributed by atoms with Crippen molar-refractivity contribution in [3.63, 3.8) is 0 Å². The summed E-state index contributed by atoms with van der Waals surface area (Å²) < 4.78 is 0. The molecular formula is C12H18O2. The molecule has 1 rings (SSSR count). The second-order valence-electron chi connectivity index (χ2n) is 4.16. The van der Waals surface area contributed by atoms with Gasteiger partial charge in [0.15, 0.2) is 0 Å². The second-order valence-corrected chi connectivity index (χ2v) is 4.16. The third-order valence-electron chi connectivity index (χ3n) is 3.07. The van der Waals surface area contributed by atoms with Crippen molar-refractivity contribution in [2.75, 3.05) is 0 Å². The van der Waals surface area contributed by atoms with E-state index >= 15 is 0 Å². The van der Waals surface area contributed by atoms with Gasteiger partial charge in [-0.2, -0.15) is 0 Å². The van der Waals surface area contributed by atoms with Gasteiger partial charge < -0.3 is 5.11 Å². The number of hydrogen-bond donors (Lipinski definition) is 1. The Bertz CT molecular complexity index is 276. The molecule has 1 aliphatic carbocycles. The van der Waals surface area contributed by atoms with Crippen LogP contribution < -0.4 is 0 Å². The van der Waals surface area contributed by atoms with Crippen LogP contribution in [-0.2, 0) is 4.79 Å². The molecular weight excluding hydrogens is 176 g/mol. The highest BCUT2D eigenvalue weighted by Gasteiger charge is 2.21. The fourth-order valence-electron chi connectivity index (χ4n) is 1.85. The lowest BCUT2D eigenvalue weighted by molar-refractivity contribution is -0.139. The molecule has 2 heteroatoms. The van der Waals surface area contributed by atoms with Crippen molar-refractivity contribution in [3.05, 3.63) is 23.8 Å². The Morgan fingerprint density at radius 3 is 2.71 bits per heavy atom. The summed E-state index contributed by atoms with van der Waals surface area (Å²) in [5, 5.41) is 8.85. The molecule has 0 bridgehead atoms. The van der Waals surface area contributed by atoms with Crippen molar-refractivity contribution in [2.45, 2.75) is 33.1 Å². The third kappa shape index (κ3) is 2.47. The van der Waals surface area contributed by atoms with Crippen LogP contribution in [0.2, 0.25) is 0 Å². The lowest BCUT2D eigenvalue weighted by Crippen LogP contribution is -2.16. The maximum atomic E-state index is 10.8. The Kier molecular flexibility index (Phi) is 3.50. The van der Waals surface area contributed by atoms with E-state index in [4.69, 9.17) is 5.11 Å². The smallest absolute Gasteiger partial charge is 0.310 e. The van der Waals surface area contributed by atoms with E-state index < -0.39 is 5.97 Å². The van der Waals surface area contributed by atoms with Crippen LogP contribution in [0, 0.1) is 11.8 Å². The standard InChI is InChI=1S/C12H18O2/c1-8(2)10-4-6-11(7-5-10)9(3)12(13)14/h6,9-10H,1,4-5,7H2,2-3H3,(H,13,14). The topological polar surface area (TPSA) is 37.3 Å². The van der Waals surface area contributed by atoms with Crippen LogP contribution in [-0.4, -0.2) is 11.1 Å². The highest BCUT2D eigenvalue weighted by atomic mass is 16.4. The Morgan fingerprint density at radius 1 is 1.71 bits per heavy atom. The van der Waals surface area contributed by atoms with Gasteiger partial charge in [0.25, 0.3) is 0 Å². The van der Waals surface area contributed by atoms with Crippen molar-refractivity contribution in [3.8, 4) is 0 Å². The average Bonchev–Trinajstić information content (AvgIpc) is 2.16. The quantitative estimate of drug-likeness (QED) is 0.701. The molecule has 1 N–H and O–H groups in total. The van der Waals surface area contributed by atoms with E-state index in [0.29, 0.717) is 5.92 Å². The minimum Gasteiger partial charge on any atom is -0.481 e. The Hall–Kier alpha value is -1.05. The molecule has 0 spiro atoms. The van der Waals surface area contributed by atoms with E-state index in [2.05, 4.69) is 12.7 Å². The van der Waals surface area contributed by atoms with Crippen molar-refractivity contribution < 1.29 is 9.90 Å². The molecule has 0 heterocycles. The molecule has 0 amide bonds. The Balaban J connectivity index is 2.61. The summed E-state index contributed by atoms with van der Waals surface area (Å²) in [6.07, 6.45) is 5.01. The first-order valence-corrected chi connectivity index (χ1v) is 5.09. The predicted octanol–water partition coefficient (Wildman–Crippen LogP) is 3.01. The minimum atomic E-state index is -0.718. The summed E-state index contributed by atoms with van der Waals surface area (Å²) in [4.78, 5) is 10.8. The van der Waals surface area contributed by atoms with Crippen molar-refractivity contribution >= 4 is 5.97 Å². The molecule has 0 radical (unpaired) electrons. The summed E-state index contributed by atoms with van der Waals surface area (Å²) >= 11 is 0. The lowest BCUT2D eigenvalue weighted by Gasteiger charge is -2.23. The highest BCUT2D eigenvalue weighted by molar-refractivity contribution is 5.73. The van der Waals surface area contributed by atoms with Crippen LogP contribution in [0.4, 0.5) is 0 Å². The molecule has 2 nitrogen and oxygen atoms in total. The van der Waals surface area contributed by atoms with Crippen molar-refractivity contribution in [1.82, 2.24) is 0 Å². The zero-order valence-electron chi connectivity index (χ0n) is 8.92. The molecule has 14 heavy (non-hydrogen) atoms. The molecule has 0 saturated carbocycles. The molecule has 0 aromatic carbocycles. The van der Waals surface area contributed by atoms with Crippen molar-refractivity contribution in [1.29, 1.82) is 0 Å². The molecule has 0 aromatic rings. The number of carbonyl (C=O) groups is 1. The van der Waals surface area contributed by atoms with E-state index in [-0.39, 0.29) is 5.92 Å². The van der Waals surface area contributed by atoms with Crippen LogP contribution in [0.1, 0.15) is 33.1 Å². The largest absolute Gasteiger partial charge is 0.481 e. The predicted molar refractivity (Wildman–Crippen MR) is 57.0 cm³/mol. The molecule has 78 valence electrons. The lowest BCUT2D eigenvalue weighted by atomic mass is 9.82. The van der Waals surface area contributed by atoms with E-state index in [1.54, 1.807) is 6.92 Å². The Morgan fingerprint density at radius 2 is 2.36 bits per heavy atom. The molecule has 1 aliphatic rings. The van der Waals surface area contributed by atoms with Gasteiger partial charge >= 0.3 is 5.97 Å². The first-order valence-electron chi connectivity index (χ1n) is 5.09.